The second-order valence-electron chi connectivity index (χ2n) is 6.91. The lowest BCUT2D eigenvalue weighted by atomic mass is 10.00. The van der Waals surface area contributed by atoms with Crippen molar-refractivity contribution in [1.29, 1.82) is 0 Å². The Morgan fingerprint density at radius 3 is 2.64 bits per heavy atom. The minimum absolute atomic E-state index is 0.0967. The predicted octanol–water partition coefficient (Wildman–Crippen LogP) is 5.28. The summed E-state index contributed by atoms with van der Waals surface area (Å²) < 4.78 is 1.20. The van der Waals surface area contributed by atoms with E-state index in [1.165, 1.54) is 4.70 Å². The largest absolute Gasteiger partial charge is 0.329 e. The molecule has 25 heavy (non-hydrogen) atoms. The highest BCUT2D eigenvalue weighted by atomic mass is 32.1. The maximum absolute atomic E-state index is 13.2. The molecule has 1 aliphatic rings. The van der Waals surface area contributed by atoms with Crippen LogP contribution in [0.25, 0.3) is 10.2 Å². The van der Waals surface area contributed by atoms with Crippen molar-refractivity contribution in [1.82, 2.24) is 9.88 Å². The van der Waals surface area contributed by atoms with Gasteiger partial charge >= 0.3 is 0 Å². The number of rotatable bonds is 2. The molecule has 1 aromatic heterocycles. The van der Waals surface area contributed by atoms with E-state index >= 15 is 0 Å². The number of fused-ring (bicyclic) bond motifs is 1. The van der Waals surface area contributed by atoms with Crippen molar-refractivity contribution in [2.75, 3.05) is 6.54 Å². The normalized spacial score (nSPS) is 17.8. The van der Waals surface area contributed by atoms with Gasteiger partial charge in [-0.2, -0.15) is 0 Å². The summed E-state index contributed by atoms with van der Waals surface area (Å²) in [6.07, 6.45) is 3.21. The van der Waals surface area contributed by atoms with Crippen LogP contribution in [-0.4, -0.2) is 22.3 Å². The minimum Gasteiger partial charge on any atom is -0.329 e. The zero-order valence-electron chi connectivity index (χ0n) is 14.7. The second kappa shape index (κ2) is 6.60. The van der Waals surface area contributed by atoms with Gasteiger partial charge in [-0.1, -0.05) is 29.3 Å². The molecule has 1 aliphatic heterocycles. The second-order valence-corrected chi connectivity index (χ2v) is 7.97. The molecule has 3 aromatic rings. The quantitative estimate of drug-likeness (QED) is 0.630. The van der Waals surface area contributed by atoms with Crippen LogP contribution in [0, 0.1) is 13.8 Å². The molecule has 1 saturated heterocycles. The van der Waals surface area contributed by atoms with Gasteiger partial charge in [0.1, 0.15) is 5.01 Å². The van der Waals surface area contributed by atoms with Crippen LogP contribution in [0.5, 0.6) is 0 Å². The number of carbonyl (C=O) groups is 1. The van der Waals surface area contributed by atoms with Crippen molar-refractivity contribution >= 4 is 27.5 Å². The molecule has 0 radical (unpaired) electrons. The summed E-state index contributed by atoms with van der Waals surface area (Å²) in [4.78, 5) is 20.1. The molecule has 0 saturated carbocycles. The molecule has 0 aliphatic carbocycles. The van der Waals surface area contributed by atoms with Crippen LogP contribution in [-0.2, 0) is 0 Å². The number of piperidine rings is 1. The molecular weight excluding hydrogens is 328 g/mol. The number of thiazole rings is 1. The van der Waals surface area contributed by atoms with E-state index in [-0.39, 0.29) is 11.9 Å². The van der Waals surface area contributed by atoms with E-state index < -0.39 is 0 Å². The molecule has 3 nitrogen and oxygen atoms in total. The van der Waals surface area contributed by atoms with Crippen molar-refractivity contribution in [3.63, 3.8) is 0 Å². The van der Waals surface area contributed by atoms with Crippen LogP contribution < -0.4 is 0 Å². The first kappa shape index (κ1) is 16.3. The number of hydrogen-bond donors (Lipinski definition) is 0. The van der Waals surface area contributed by atoms with Gasteiger partial charge in [0.05, 0.1) is 16.3 Å². The van der Waals surface area contributed by atoms with E-state index in [0.29, 0.717) is 0 Å². The third kappa shape index (κ3) is 3.19. The molecule has 1 amide bonds. The highest BCUT2D eigenvalue weighted by molar-refractivity contribution is 7.18. The summed E-state index contributed by atoms with van der Waals surface area (Å²) in [5, 5.41) is 1.07. The molecule has 0 bridgehead atoms. The molecule has 0 spiro atoms. The Bertz CT molecular complexity index is 877. The fourth-order valence-corrected chi connectivity index (χ4v) is 4.84. The van der Waals surface area contributed by atoms with Crippen LogP contribution in [0.4, 0.5) is 0 Å². The van der Waals surface area contributed by atoms with E-state index in [1.54, 1.807) is 11.3 Å². The molecule has 0 N–H and O–H groups in total. The molecule has 1 fully saturated rings. The first-order chi connectivity index (χ1) is 12.1. The summed E-state index contributed by atoms with van der Waals surface area (Å²) >= 11 is 1.72. The monoisotopic (exact) mass is 350 g/mol. The van der Waals surface area contributed by atoms with Crippen LogP contribution in [0.2, 0.25) is 0 Å². The highest BCUT2D eigenvalue weighted by Gasteiger charge is 2.31. The molecular formula is C21H22N2OS. The van der Waals surface area contributed by atoms with Gasteiger partial charge in [0.25, 0.3) is 5.91 Å². The SMILES string of the molecule is Cc1cc(C)cc(C(=O)N2CCCCC2c2nc3ccccc3s2)c1. The number of aromatic nitrogens is 1. The Kier molecular flexibility index (Phi) is 4.30. The molecule has 4 rings (SSSR count). The van der Waals surface area contributed by atoms with Crippen molar-refractivity contribution in [2.45, 2.75) is 39.2 Å². The zero-order chi connectivity index (χ0) is 17.4. The molecule has 4 heteroatoms. The van der Waals surface area contributed by atoms with E-state index in [1.807, 2.05) is 49.1 Å². The van der Waals surface area contributed by atoms with E-state index in [4.69, 9.17) is 4.98 Å². The van der Waals surface area contributed by atoms with Gasteiger partial charge in [0.2, 0.25) is 0 Å². The molecule has 2 heterocycles. The standard InChI is InChI=1S/C21H22N2OS/c1-14-11-15(2)13-16(12-14)21(24)23-10-6-5-8-18(23)20-22-17-7-3-4-9-19(17)25-20/h3-4,7,9,11-13,18H,5-6,8,10H2,1-2H3. The molecule has 2 aromatic carbocycles. The lowest BCUT2D eigenvalue weighted by molar-refractivity contribution is 0.0611. The summed E-state index contributed by atoms with van der Waals surface area (Å²) in [6.45, 7) is 4.91. The van der Waals surface area contributed by atoms with Crippen LogP contribution in [0.1, 0.15) is 51.8 Å². The third-order valence-corrected chi connectivity index (χ3v) is 5.97. The molecule has 128 valence electrons. The lowest BCUT2D eigenvalue weighted by Crippen LogP contribution is -2.38. The Morgan fingerprint density at radius 2 is 1.88 bits per heavy atom. The Labute approximate surface area is 152 Å². The fourth-order valence-electron chi connectivity index (χ4n) is 3.73. The first-order valence-electron chi connectivity index (χ1n) is 8.86. The number of hydrogen-bond acceptors (Lipinski definition) is 3. The number of aryl methyl sites for hydroxylation is 2. The van der Waals surface area contributed by atoms with Gasteiger partial charge in [-0.05, 0) is 57.4 Å². The van der Waals surface area contributed by atoms with E-state index in [2.05, 4.69) is 12.1 Å². The Morgan fingerprint density at radius 1 is 1.12 bits per heavy atom. The number of likely N-dealkylation sites (tertiary alicyclic amines) is 1. The molecule has 1 atom stereocenters. The van der Waals surface area contributed by atoms with Crippen molar-refractivity contribution in [3.8, 4) is 0 Å². The van der Waals surface area contributed by atoms with Crippen molar-refractivity contribution < 1.29 is 4.79 Å². The summed E-state index contributed by atoms with van der Waals surface area (Å²) in [5.41, 5.74) is 4.10. The first-order valence-corrected chi connectivity index (χ1v) is 9.68. The summed E-state index contributed by atoms with van der Waals surface area (Å²) in [6, 6.07) is 14.4. The number of carbonyl (C=O) groups excluding carboxylic acids is 1. The van der Waals surface area contributed by atoms with Gasteiger partial charge in [-0.3, -0.25) is 4.79 Å². The fraction of sp³-hybridized carbons (Fsp3) is 0.333. The topological polar surface area (TPSA) is 33.2 Å². The summed E-state index contributed by atoms with van der Waals surface area (Å²) in [7, 11) is 0. The minimum atomic E-state index is 0.0967. The third-order valence-electron chi connectivity index (χ3n) is 4.83. The number of nitrogens with zero attached hydrogens (tertiary/aromatic N) is 2. The van der Waals surface area contributed by atoms with Gasteiger partial charge in [0.15, 0.2) is 0 Å². The number of benzene rings is 2. The average Bonchev–Trinajstić information content (AvgIpc) is 3.04. The van der Waals surface area contributed by atoms with Crippen molar-refractivity contribution in [3.05, 3.63) is 64.2 Å². The lowest BCUT2D eigenvalue weighted by Gasteiger charge is -2.34. The number of amides is 1. The zero-order valence-corrected chi connectivity index (χ0v) is 15.5. The maximum Gasteiger partial charge on any atom is 0.254 e. The molecule has 1 unspecified atom stereocenters. The van der Waals surface area contributed by atoms with Gasteiger partial charge < -0.3 is 4.90 Å². The van der Waals surface area contributed by atoms with E-state index in [9.17, 15) is 4.79 Å². The van der Waals surface area contributed by atoms with Crippen LogP contribution in [0.15, 0.2) is 42.5 Å². The van der Waals surface area contributed by atoms with Gasteiger partial charge in [-0.25, -0.2) is 4.98 Å². The average molecular weight is 350 g/mol. The van der Waals surface area contributed by atoms with Gasteiger partial charge in [0, 0.05) is 12.1 Å². The van der Waals surface area contributed by atoms with Crippen LogP contribution in [0.3, 0.4) is 0 Å². The van der Waals surface area contributed by atoms with Gasteiger partial charge in [-0.15, -0.1) is 11.3 Å². The Balaban J connectivity index is 1.69. The van der Waals surface area contributed by atoms with E-state index in [0.717, 1.165) is 53.0 Å². The smallest absolute Gasteiger partial charge is 0.254 e. The van der Waals surface area contributed by atoms with Crippen molar-refractivity contribution in [2.24, 2.45) is 0 Å². The predicted molar refractivity (Wildman–Crippen MR) is 103 cm³/mol. The number of para-hydroxylation sites is 1. The van der Waals surface area contributed by atoms with Crippen LogP contribution >= 0.6 is 11.3 Å². The maximum atomic E-state index is 13.2. The Hall–Kier alpha value is -2.20. The highest BCUT2D eigenvalue weighted by Crippen LogP contribution is 2.36. The summed E-state index contributed by atoms with van der Waals surface area (Å²) in [5.74, 6) is 0.135.